The first kappa shape index (κ1) is 12.8. The van der Waals surface area contributed by atoms with Gasteiger partial charge in [0.25, 0.3) is 5.91 Å². The maximum absolute atomic E-state index is 12.0. The molecule has 1 fully saturated rings. The number of hydrogen-bond donors (Lipinski definition) is 2. The Hall–Kier alpha value is -1.62. The van der Waals surface area contributed by atoms with Crippen LogP contribution >= 0.6 is 0 Å². The number of nitrogens with two attached hydrogens (primary N) is 1. The van der Waals surface area contributed by atoms with Crippen LogP contribution in [0.1, 0.15) is 29.6 Å². The molecule has 3 N–H and O–H groups in total. The van der Waals surface area contributed by atoms with Crippen LogP contribution in [0.3, 0.4) is 0 Å². The van der Waals surface area contributed by atoms with E-state index in [4.69, 9.17) is 10.5 Å². The number of nitrogens with zero attached hydrogens (tertiary/aromatic N) is 1. The average Bonchev–Trinajstić information content (AvgIpc) is 2.81. The first-order chi connectivity index (χ1) is 8.72. The minimum atomic E-state index is -0.131. The van der Waals surface area contributed by atoms with Crippen molar-refractivity contribution in [2.24, 2.45) is 11.7 Å². The molecule has 0 radical (unpaired) electrons. The van der Waals surface area contributed by atoms with Gasteiger partial charge >= 0.3 is 0 Å². The van der Waals surface area contributed by atoms with Crippen LogP contribution in [0.25, 0.3) is 0 Å². The zero-order valence-electron chi connectivity index (χ0n) is 10.6. The summed E-state index contributed by atoms with van der Waals surface area (Å²) >= 11 is 0. The summed E-state index contributed by atoms with van der Waals surface area (Å²) in [6, 6.07) is 1.87. The summed E-state index contributed by atoms with van der Waals surface area (Å²) in [5.41, 5.74) is 6.49. The number of carbonyl (C=O) groups is 1. The molecule has 5 heteroatoms. The molecule has 2 atom stereocenters. The van der Waals surface area contributed by atoms with Gasteiger partial charge in [-0.2, -0.15) is 0 Å². The van der Waals surface area contributed by atoms with E-state index in [0.717, 1.165) is 19.3 Å². The highest BCUT2D eigenvalue weighted by molar-refractivity contribution is 5.96. The normalized spacial score (nSPS) is 22.8. The van der Waals surface area contributed by atoms with Crippen molar-refractivity contribution < 1.29 is 9.53 Å². The molecule has 0 bridgehead atoms. The fourth-order valence-electron chi connectivity index (χ4n) is 2.37. The van der Waals surface area contributed by atoms with E-state index in [0.29, 0.717) is 23.8 Å². The van der Waals surface area contributed by atoms with Gasteiger partial charge in [0, 0.05) is 18.8 Å². The summed E-state index contributed by atoms with van der Waals surface area (Å²) in [4.78, 5) is 16.0. The molecular formula is C13H19N3O2. The van der Waals surface area contributed by atoms with Crippen molar-refractivity contribution in [1.82, 2.24) is 10.3 Å². The molecule has 1 aliphatic rings. The second kappa shape index (κ2) is 5.82. The Morgan fingerprint density at radius 2 is 2.44 bits per heavy atom. The number of nitrogens with one attached hydrogen (secondary N) is 1. The topological polar surface area (TPSA) is 77.2 Å². The summed E-state index contributed by atoms with van der Waals surface area (Å²) in [6.07, 6.45) is 6.42. The predicted octanol–water partition coefficient (Wildman–Crippen LogP) is 0.947. The Kier molecular flexibility index (Phi) is 4.15. The van der Waals surface area contributed by atoms with Crippen molar-refractivity contribution in [2.75, 3.05) is 13.7 Å². The second-order valence-corrected chi connectivity index (χ2v) is 4.64. The Balaban J connectivity index is 1.95. The Bertz CT molecular complexity index is 422. The quantitative estimate of drug-likeness (QED) is 0.832. The van der Waals surface area contributed by atoms with Gasteiger partial charge in [-0.1, -0.05) is 6.42 Å². The van der Waals surface area contributed by atoms with Gasteiger partial charge in [0.2, 0.25) is 0 Å². The van der Waals surface area contributed by atoms with Crippen LogP contribution in [0.15, 0.2) is 18.5 Å². The first-order valence-electron chi connectivity index (χ1n) is 6.24. The van der Waals surface area contributed by atoms with E-state index in [1.54, 1.807) is 12.3 Å². The zero-order valence-corrected chi connectivity index (χ0v) is 10.6. The smallest absolute Gasteiger partial charge is 0.255 e. The van der Waals surface area contributed by atoms with E-state index in [2.05, 4.69) is 10.3 Å². The minimum absolute atomic E-state index is 0.131. The van der Waals surface area contributed by atoms with Gasteiger partial charge in [-0.05, 0) is 24.8 Å². The highest BCUT2D eigenvalue weighted by Crippen LogP contribution is 2.23. The van der Waals surface area contributed by atoms with E-state index in [-0.39, 0.29) is 11.9 Å². The van der Waals surface area contributed by atoms with Gasteiger partial charge in [0.15, 0.2) is 0 Å². The van der Waals surface area contributed by atoms with Crippen molar-refractivity contribution in [3.63, 3.8) is 0 Å². The standard InChI is InChI=1S/C13H19N3O2/c1-18-12-8-15-6-5-10(12)13(17)16-7-9-3-2-4-11(9)14/h5-6,8-9,11H,2-4,7,14H2,1H3,(H,16,17). The molecule has 0 aliphatic heterocycles. The van der Waals surface area contributed by atoms with E-state index >= 15 is 0 Å². The summed E-state index contributed by atoms with van der Waals surface area (Å²) in [7, 11) is 1.53. The van der Waals surface area contributed by atoms with E-state index < -0.39 is 0 Å². The van der Waals surface area contributed by atoms with E-state index in [1.165, 1.54) is 13.3 Å². The molecule has 18 heavy (non-hydrogen) atoms. The maximum Gasteiger partial charge on any atom is 0.255 e. The summed E-state index contributed by atoms with van der Waals surface area (Å²) < 4.78 is 5.11. The fraction of sp³-hybridized carbons (Fsp3) is 0.538. The third-order valence-corrected chi connectivity index (χ3v) is 3.49. The molecule has 2 rings (SSSR count). The number of pyridine rings is 1. The largest absolute Gasteiger partial charge is 0.494 e. The maximum atomic E-state index is 12.0. The molecule has 5 nitrogen and oxygen atoms in total. The van der Waals surface area contributed by atoms with Crippen LogP contribution in [0.4, 0.5) is 0 Å². The van der Waals surface area contributed by atoms with Crippen LogP contribution in [0.2, 0.25) is 0 Å². The molecule has 98 valence electrons. The lowest BCUT2D eigenvalue weighted by Crippen LogP contribution is -2.36. The molecule has 0 saturated heterocycles. The average molecular weight is 249 g/mol. The van der Waals surface area contributed by atoms with Gasteiger partial charge in [0.1, 0.15) is 5.75 Å². The van der Waals surface area contributed by atoms with E-state index in [9.17, 15) is 4.79 Å². The number of amides is 1. The van der Waals surface area contributed by atoms with Crippen molar-refractivity contribution in [1.29, 1.82) is 0 Å². The Labute approximate surface area is 107 Å². The summed E-state index contributed by atoms with van der Waals surface area (Å²) in [6.45, 7) is 0.630. The van der Waals surface area contributed by atoms with Crippen LogP contribution in [-0.2, 0) is 0 Å². The third kappa shape index (κ3) is 2.79. The van der Waals surface area contributed by atoms with Crippen molar-refractivity contribution >= 4 is 5.91 Å². The Morgan fingerprint density at radius 1 is 1.61 bits per heavy atom. The lowest BCUT2D eigenvalue weighted by molar-refractivity contribution is 0.0943. The molecule has 1 aliphatic carbocycles. The van der Waals surface area contributed by atoms with Crippen LogP contribution in [-0.4, -0.2) is 30.6 Å². The number of hydrogen-bond acceptors (Lipinski definition) is 4. The van der Waals surface area contributed by atoms with Crippen LogP contribution in [0.5, 0.6) is 5.75 Å². The molecule has 2 unspecified atom stereocenters. The van der Waals surface area contributed by atoms with Crippen molar-refractivity contribution in [3.05, 3.63) is 24.0 Å². The minimum Gasteiger partial charge on any atom is -0.494 e. The summed E-state index contributed by atoms with van der Waals surface area (Å²) in [5, 5.41) is 2.92. The lowest BCUT2D eigenvalue weighted by atomic mass is 10.0. The molecule has 1 aromatic heterocycles. The monoisotopic (exact) mass is 249 g/mol. The van der Waals surface area contributed by atoms with Gasteiger partial charge < -0.3 is 15.8 Å². The molecule has 1 aromatic rings. The highest BCUT2D eigenvalue weighted by atomic mass is 16.5. The van der Waals surface area contributed by atoms with Gasteiger partial charge in [-0.15, -0.1) is 0 Å². The lowest BCUT2D eigenvalue weighted by Gasteiger charge is -2.16. The zero-order chi connectivity index (χ0) is 13.0. The van der Waals surface area contributed by atoms with Crippen LogP contribution in [0, 0.1) is 5.92 Å². The number of aromatic nitrogens is 1. The van der Waals surface area contributed by atoms with Gasteiger partial charge in [0.05, 0.1) is 18.9 Å². The Morgan fingerprint density at radius 3 is 3.11 bits per heavy atom. The molecular weight excluding hydrogens is 230 g/mol. The third-order valence-electron chi connectivity index (χ3n) is 3.49. The molecule has 1 saturated carbocycles. The first-order valence-corrected chi connectivity index (χ1v) is 6.24. The van der Waals surface area contributed by atoms with Crippen LogP contribution < -0.4 is 15.8 Å². The molecule has 0 spiro atoms. The van der Waals surface area contributed by atoms with E-state index in [1.807, 2.05) is 0 Å². The molecule has 1 heterocycles. The summed E-state index contributed by atoms with van der Waals surface area (Å²) in [5.74, 6) is 0.751. The van der Waals surface area contributed by atoms with Crippen molar-refractivity contribution in [2.45, 2.75) is 25.3 Å². The SMILES string of the molecule is COc1cnccc1C(=O)NCC1CCCC1N. The number of carbonyl (C=O) groups excluding carboxylic acids is 1. The van der Waals surface area contributed by atoms with Crippen molar-refractivity contribution in [3.8, 4) is 5.75 Å². The van der Waals surface area contributed by atoms with Gasteiger partial charge in [-0.25, -0.2) is 0 Å². The molecule has 1 amide bonds. The second-order valence-electron chi connectivity index (χ2n) is 4.64. The highest BCUT2D eigenvalue weighted by Gasteiger charge is 2.24. The fourth-order valence-corrected chi connectivity index (χ4v) is 2.37. The number of methoxy groups -OCH3 is 1. The number of rotatable bonds is 4. The molecule has 0 aromatic carbocycles. The van der Waals surface area contributed by atoms with Gasteiger partial charge in [-0.3, -0.25) is 9.78 Å². The number of ether oxygens (including phenoxy) is 1. The predicted molar refractivity (Wildman–Crippen MR) is 68.4 cm³/mol.